The van der Waals surface area contributed by atoms with Gasteiger partial charge in [0.1, 0.15) is 5.82 Å². The highest BCUT2D eigenvalue weighted by Crippen LogP contribution is 2.19. The van der Waals surface area contributed by atoms with Crippen molar-refractivity contribution in [3.8, 4) is 11.4 Å². The predicted molar refractivity (Wildman–Crippen MR) is 67.0 cm³/mol. The molecule has 1 aromatic heterocycles. The summed E-state index contributed by atoms with van der Waals surface area (Å²) in [6, 6.07) is 8.18. The molecular weight excluding hydrogens is 253 g/mol. The van der Waals surface area contributed by atoms with Crippen LogP contribution >= 0.6 is 0 Å². The molecule has 0 N–H and O–H groups in total. The van der Waals surface area contributed by atoms with Gasteiger partial charge in [0.2, 0.25) is 5.82 Å². The zero-order valence-corrected chi connectivity index (χ0v) is 11.3. The average Bonchev–Trinajstić information content (AvgIpc) is 2.28. The SMILES string of the molecule is C[N+](C)(C)c1ccnc(-c2cccc(F)c2)n1.[Cl-]. The van der Waals surface area contributed by atoms with Crippen LogP contribution in [0.1, 0.15) is 0 Å². The van der Waals surface area contributed by atoms with Crippen LogP contribution in [0.5, 0.6) is 0 Å². The molecule has 3 nitrogen and oxygen atoms in total. The Kier molecular flexibility index (Phi) is 4.38. The molecular formula is C13H15ClFN3. The molecule has 2 rings (SSSR count). The minimum atomic E-state index is -0.276. The minimum Gasteiger partial charge on any atom is -1.00 e. The van der Waals surface area contributed by atoms with E-state index in [-0.39, 0.29) is 18.2 Å². The summed E-state index contributed by atoms with van der Waals surface area (Å²) >= 11 is 0. The lowest BCUT2D eigenvalue weighted by Crippen LogP contribution is -3.00. The summed E-state index contributed by atoms with van der Waals surface area (Å²) < 4.78 is 13.7. The summed E-state index contributed by atoms with van der Waals surface area (Å²) in [6.07, 6.45) is 1.70. The summed E-state index contributed by atoms with van der Waals surface area (Å²) in [6.45, 7) is 0. The van der Waals surface area contributed by atoms with Gasteiger partial charge in [0.15, 0.2) is 5.82 Å². The molecule has 0 aliphatic carbocycles. The van der Waals surface area contributed by atoms with Crippen LogP contribution in [0.25, 0.3) is 11.4 Å². The molecule has 1 heterocycles. The first-order chi connectivity index (χ1) is 7.97. The zero-order valence-electron chi connectivity index (χ0n) is 10.6. The van der Waals surface area contributed by atoms with Crippen molar-refractivity contribution in [2.75, 3.05) is 21.1 Å². The van der Waals surface area contributed by atoms with Gasteiger partial charge in [-0.3, -0.25) is 4.48 Å². The normalized spacial score (nSPS) is 10.9. The van der Waals surface area contributed by atoms with Crippen molar-refractivity contribution in [1.29, 1.82) is 0 Å². The number of rotatable bonds is 2. The van der Waals surface area contributed by atoms with Gasteiger partial charge in [-0.25, -0.2) is 9.37 Å². The lowest BCUT2D eigenvalue weighted by Gasteiger charge is -2.21. The van der Waals surface area contributed by atoms with Crippen LogP contribution in [0.3, 0.4) is 0 Å². The average molecular weight is 268 g/mol. The second kappa shape index (κ2) is 5.42. The molecule has 5 heteroatoms. The maximum atomic E-state index is 13.1. The molecule has 0 aliphatic heterocycles. The van der Waals surface area contributed by atoms with Crippen LogP contribution in [-0.2, 0) is 0 Å². The molecule has 0 atom stereocenters. The van der Waals surface area contributed by atoms with Gasteiger partial charge in [-0.1, -0.05) is 12.1 Å². The standard InChI is InChI=1S/C13H15FN3.ClH/c1-17(2,3)12-7-8-15-13(16-12)10-5-4-6-11(14)9-10;/h4-9H,1-3H3;1H/q+1;/p-1. The molecule has 0 bridgehead atoms. The van der Waals surface area contributed by atoms with Crippen LogP contribution in [0.15, 0.2) is 36.5 Å². The Morgan fingerprint density at radius 1 is 1.11 bits per heavy atom. The van der Waals surface area contributed by atoms with Gasteiger partial charge < -0.3 is 12.4 Å². The fourth-order valence-corrected chi connectivity index (χ4v) is 1.49. The summed E-state index contributed by atoms with van der Waals surface area (Å²) in [5.74, 6) is 1.16. The van der Waals surface area contributed by atoms with Crippen molar-refractivity contribution in [3.63, 3.8) is 0 Å². The van der Waals surface area contributed by atoms with Gasteiger partial charge >= 0.3 is 0 Å². The zero-order chi connectivity index (χ0) is 12.5. The fraction of sp³-hybridized carbons (Fsp3) is 0.231. The Morgan fingerprint density at radius 2 is 1.83 bits per heavy atom. The predicted octanol–water partition coefficient (Wildman–Crippen LogP) is -0.517. The molecule has 0 saturated heterocycles. The van der Waals surface area contributed by atoms with E-state index in [0.29, 0.717) is 15.9 Å². The number of halogens is 2. The van der Waals surface area contributed by atoms with Gasteiger partial charge in [-0.15, -0.1) is 0 Å². The number of hydrogen-bond acceptors (Lipinski definition) is 2. The molecule has 96 valence electrons. The molecule has 2 aromatic rings. The molecule has 0 amide bonds. The van der Waals surface area contributed by atoms with E-state index in [1.54, 1.807) is 18.3 Å². The van der Waals surface area contributed by atoms with Gasteiger partial charge in [0, 0.05) is 17.8 Å². The molecule has 0 unspecified atom stereocenters. The first kappa shape index (κ1) is 14.5. The van der Waals surface area contributed by atoms with Crippen molar-refractivity contribution in [1.82, 2.24) is 14.5 Å². The Hall–Kier alpha value is -1.52. The highest BCUT2D eigenvalue weighted by Gasteiger charge is 2.15. The van der Waals surface area contributed by atoms with E-state index in [1.165, 1.54) is 12.1 Å². The van der Waals surface area contributed by atoms with Gasteiger partial charge in [-0.05, 0) is 12.1 Å². The monoisotopic (exact) mass is 267 g/mol. The Morgan fingerprint density at radius 3 is 2.44 bits per heavy atom. The second-order valence-electron chi connectivity index (χ2n) is 4.76. The van der Waals surface area contributed by atoms with Crippen molar-refractivity contribution >= 4 is 5.82 Å². The van der Waals surface area contributed by atoms with Crippen LogP contribution < -0.4 is 16.9 Å². The summed E-state index contributed by atoms with van der Waals surface area (Å²) in [5.41, 5.74) is 0.695. The lowest BCUT2D eigenvalue weighted by atomic mass is 10.2. The number of nitrogens with zero attached hydrogens (tertiary/aromatic N) is 3. The van der Waals surface area contributed by atoms with Crippen LogP contribution in [0, 0.1) is 5.82 Å². The van der Waals surface area contributed by atoms with E-state index in [0.717, 1.165) is 5.82 Å². The van der Waals surface area contributed by atoms with Crippen LogP contribution in [0.4, 0.5) is 10.2 Å². The molecule has 0 radical (unpaired) electrons. The van der Waals surface area contributed by atoms with E-state index in [4.69, 9.17) is 0 Å². The number of aromatic nitrogens is 2. The summed E-state index contributed by atoms with van der Waals surface area (Å²) in [5, 5.41) is 0. The highest BCUT2D eigenvalue weighted by atomic mass is 35.5. The largest absolute Gasteiger partial charge is 1.00 e. The van der Waals surface area contributed by atoms with E-state index in [2.05, 4.69) is 9.97 Å². The van der Waals surface area contributed by atoms with E-state index < -0.39 is 0 Å². The van der Waals surface area contributed by atoms with Crippen molar-refractivity contribution in [2.24, 2.45) is 0 Å². The Bertz CT molecular complexity index is 538. The van der Waals surface area contributed by atoms with Gasteiger partial charge in [-0.2, -0.15) is 4.98 Å². The molecule has 0 aliphatic rings. The molecule has 0 fully saturated rings. The summed E-state index contributed by atoms with van der Waals surface area (Å²) in [7, 11) is 6.08. The van der Waals surface area contributed by atoms with Gasteiger partial charge in [0.05, 0.1) is 21.1 Å². The molecule has 0 saturated carbocycles. The summed E-state index contributed by atoms with van der Waals surface area (Å²) in [4.78, 5) is 8.63. The maximum absolute atomic E-state index is 13.1. The Balaban J connectivity index is 0.00000162. The third-order valence-electron chi connectivity index (χ3n) is 2.41. The van der Waals surface area contributed by atoms with Crippen LogP contribution in [-0.4, -0.2) is 31.1 Å². The smallest absolute Gasteiger partial charge is 0.230 e. The third kappa shape index (κ3) is 3.24. The number of benzene rings is 1. The van der Waals surface area contributed by atoms with Crippen molar-refractivity contribution < 1.29 is 16.8 Å². The minimum absolute atomic E-state index is 0. The quantitative estimate of drug-likeness (QED) is 0.685. The van der Waals surface area contributed by atoms with E-state index in [1.807, 2.05) is 27.2 Å². The topological polar surface area (TPSA) is 25.8 Å². The van der Waals surface area contributed by atoms with E-state index >= 15 is 0 Å². The first-order valence-corrected chi connectivity index (χ1v) is 5.38. The fourth-order valence-electron chi connectivity index (χ4n) is 1.49. The molecule has 0 spiro atoms. The first-order valence-electron chi connectivity index (χ1n) is 5.38. The molecule has 18 heavy (non-hydrogen) atoms. The highest BCUT2D eigenvalue weighted by molar-refractivity contribution is 5.56. The van der Waals surface area contributed by atoms with Crippen molar-refractivity contribution in [3.05, 3.63) is 42.3 Å². The Labute approximate surface area is 112 Å². The number of hydrogen-bond donors (Lipinski definition) is 0. The second-order valence-corrected chi connectivity index (χ2v) is 4.76. The lowest BCUT2D eigenvalue weighted by molar-refractivity contribution is -0.00000448. The van der Waals surface area contributed by atoms with Gasteiger partial charge in [0.25, 0.3) is 0 Å². The van der Waals surface area contributed by atoms with Crippen molar-refractivity contribution in [2.45, 2.75) is 0 Å². The molecule has 1 aromatic carbocycles. The maximum Gasteiger partial charge on any atom is 0.230 e. The van der Waals surface area contributed by atoms with Crippen LogP contribution in [0.2, 0.25) is 0 Å². The number of quaternary nitrogens is 1. The van der Waals surface area contributed by atoms with E-state index in [9.17, 15) is 4.39 Å². The third-order valence-corrected chi connectivity index (χ3v) is 2.41.